The average molecular weight is 303 g/mol. The minimum Gasteiger partial charge on any atom is -0.325 e. The van der Waals surface area contributed by atoms with E-state index < -0.39 is 0 Å². The number of benzene rings is 1. The second-order valence-electron chi connectivity index (χ2n) is 4.54. The molecule has 0 atom stereocenters. The van der Waals surface area contributed by atoms with E-state index in [1.54, 1.807) is 10.8 Å². The van der Waals surface area contributed by atoms with E-state index in [0.717, 1.165) is 16.8 Å². The molecule has 0 saturated heterocycles. The summed E-state index contributed by atoms with van der Waals surface area (Å²) in [5.41, 5.74) is 2.96. The Bertz CT molecular complexity index is 632. The van der Waals surface area contributed by atoms with E-state index in [0.29, 0.717) is 11.7 Å². The number of nitrogens with zero attached hydrogens (tertiary/aromatic N) is 4. The maximum atomic E-state index is 12.1. The number of carbonyl (C=O) groups is 1. The SMILES string of the molecule is C=CCn1nnnc1SCC(=O)Nc1c(C)cccc1C. The van der Waals surface area contributed by atoms with Gasteiger partial charge in [-0.3, -0.25) is 4.79 Å². The summed E-state index contributed by atoms with van der Waals surface area (Å²) in [5, 5.41) is 14.8. The lowest BCUT2D eigenvalue weighted by molar-refractivity contribution is -0.113. The molecule has 2 rings (SSSR count). The van der Waals surface area contributed by atoms with E-state index in [1.807, 2.05) is 32.0 Å². The van der Waals surface area contributed by atoms with Gasteiger partial charge in [0.1, 0.15) is 0 Å². The summed E-state index contributed by atoms with van der Waals surface area (Å²) >= 11 is 1.30. The number of hydrogen-bond acceptors (Lipinski definition) is 5. The van der Waals surface area contributed by atoms with Crippen molar-refractivity contribution < 1.29 is 4.79 Å². The van der Waals surface area contributed by atoms with E-state index >= 15 is 0 Å². The molecule has 1 aromatic heterocycles. The fourth-order valence-electron chi connectivity index (χ4n) is 1.85. The van der Waals surface area contributed by atoms with Gasteiger partial charge in [-0.25, -0.2) is 4.68 Å². The molecule has 0 unspecified atom stereocenters. The normalized spacial score (nSPS) is 10.4. The van der Waals surface area contributed by atoms with Crippen LogP contribution in [0.3, 0.4) is 0 Å². The van der Waals surface area contributed by atoms with Crippen LogP contribution in [0.5, 0.6) is 0 Å². The molecule has 21 heavy (non-hydrogen) atoms. The molecular formula is C14H17N5OS. The zero-order valence-corrected chi connectivity index (χ0v) is 12.9. The van der Waals surface area contributed by atoms with Gasteiger partial charge in [0.25, 0.3) is 0 Å². The maximum absolute atomic E-state index is 12.1. The van der Waals surface area contributed by atoms with Crippen molar-refractivity contribution in [2.24, 2.45) is 0 Å². The minimum absolute atomic E-state index is 0.0782. The van der Waals surface area contributed by atoms with Crippen LogP contribution < -0.4 is 5.32 Å². The lowest BCUT2D eigenvalue weighted by atomic mass is 10.1. The van der Waals surface area contributed by atoms with E-state index in [2.05, 4.69) is 27.4 Å². The molecule has 1 amide bonds. The van der Waals surface area contributed by atoms with Crippen molar-refractivity contribution in [3.8, 4) is 0 Å². The summed E-state index contributed by atoms with van der Waals surface area (Å²) in [4.78, 5) is 12.1. The number of anilines is 1. The van der Waals surface area contributed by atoms with Crippen LogP contribution in [0.4, 0.5) is 5.69 Å². The Hall–Kier alpha value is -2.15. The Morgan fingerprint density at radius 2 is 2.14 bits per heavy atom. The van der Waals surface area contributed by atoms with Gasteiger partial charge < -0.3 is 5.32 Å². The first-order valence-corrected chi connectivity index (χ1v) is 7.46. The quantitative estimate of drug-likeness (QED) is 0.654. The van der Waals surface area contributed by atoms with Crippen molar-refractivity contribution in [1.82, 2.24) is 20.2 Å². The van der Waals surface area contributed by atoms with Gasteiger partial charge in [0.05, 0.1) is 12.3 Å². The lowest BCUT2D eigenvalue weighted by Gasteiger charge is -2.11. The first-order chi connectivity index (χ1) is 10.1. The van der Waals surface area contributed by atoms with Gasteiger partial charge in [-0.15, -0.1) is 11.7 Å². The number of nitrogens with one attached hydrogen (secondary N) is 1. The third-order valence-corrected chi connectivity index (χ3v) is 3.84. The number of aromatic nitrogens is 4. The Labute approximate surface area is 127 Å². The zero-order chi connectivity index (χ0) is 15.2. The van der Waals surface area contributed by atoms with Gasteiger partial charge in [0.15, 0.2) is 0 Å². The van der Waals surface area contributed by atoms with Gasteiger partial charge in [0, 0.05) is 5.69 Å². The zero-order valence-electron chi connectivity index (χ0n) is 12.0. The van der Waals surface area contributed by atoms with Gasteiger partial charge >= 0.3 is 0 Å². The lowest BCUT2D eigenvalue weighted by Crippen LogP contribution is -2.16. The summed E-state index contributed by atoms with van der Waals surface area (Å²) in [6.07, 6.45) is 1.71. The largest absolute Gasteiger partial charge is 0.325 e. The number of rotatable bonds is 6. The monoisotopic (exact) mass is 303 g/mol. The fourth-order valence-corrected chi connectivity index (χ4v) is 2.54. The number of aryl methyl sites for hydroxylation is 2. The van der Waals surface area contributed by atoms with Crippen molar-refractivity contribution in [1.29, 1.82) is 0 Å². The van der Waals surface area contributed by atoms with E-state index in [9.17, 15) is 4.79 Å². The highest BCUT2D eigenvalue weighted by molar-refractivity contribution is 7.99. The highest BCUT2D eigenvalue weighted by Gasteiger charge is 2.11. The van der Waals surface area contributed by atoms with Gasteiger partial charge in [0.2, 0.25) is 11.1 Å². The van der Waals surface area contributed by atoms with Gasteiger partial charge in [-0.2, -0.15) is 0 Å². The summed E-state index contributed by atoms with van der Waals surface area (Å²) in [6.45, 7) is 8.11. The summed E-state index contributed by atoms with van der Waals surface area (Å²) in [7, 11) is 0. The van der Waals surface area contributed by atoms with Crippen LogP contribution in [0.1, 0.15) is 11.1 Å². The van der Waals surface area contributed by atoms with Crippen molar-refractivity contribution in [3.63, 3.8) is 0 Å². The molecule has 110 valence electrons. The van der Waals surface area contributed by atoms with Gasteiger partial charge in [-0.1, -0.05) is 36.0 Å². The Kier molecular flexibility index (Phi) is 5.10. The number of tetrazole rings is 1. The molecule has 2 aromatic rings. The van der Waals surface area contributed by atoms with Crippen LogP contribution in [0, 0.1) is 13.8 Å². The molecule has 0 radical (unpaired) electrons. The summed E-state index contributed by atoms with van der Waals surface area (Å²) in [5.74, 6) is 0.177. The highest BCUT2D eigenvalue weighted by Crippen LogP contribution is 2.20. The summed E-state index contributed by atoms with van der Waals surface area (Å²) in [6, 6.07) is 5.92. The van der Waals surface area contributed by atoms with Crippen molar-refractivity contribution >= 4 is 23.4 Å². The molecule has 0 aliphatic carbocycles. The Morgan fingerprint density at radius 1 is 1.43 bits per heavy atom. The molecular weight excluding hydrogens is 286 g/mol. The second-order valence-corrected chi connectivity index (χ2v) is 5.48. The fraction of sp³-hybridized carbons (Fsp3) is 0.286. The van der Waals surface area contributed by atoms with Gasteiger partial charge in [-0.05, 0) is 35.4 Å². The molecule has 0 aliphatic heterocycles. The Balaban J connectivity index is 1.96. The molecule has 1 aromatic carbocycles. The number of allylic oxidation sites excluding steroid dienone is 1. The molecule has 1 heterocycles. The standard InChI is InChI=1S/C14H17N5OS/c1-4-8-19-14(16-17-18-19)21-9-12(20)15-13-10(2)6-5-7-11(13)3/h4-7H,1,8-9H2,2-3H3,(H,15,20). The molecule has 1 N–H and O–H groups in total. The smallest absolute Gasteiger partial charge is 0.234 e. The molecule has 6 nitrogen and oxygen atoms in total. The number of carbonyl (C=O) groups excluding carboxylic acids is 1. The molecule has 0 spiro atoms. The van der Waals surface area contributed by atoms with Crippen LogP contribution >= 0.6 is 11.8 Å². The number of hydrogen-bond donors (Lipinski definition) is 1. The molecule has 0 aliphatic rings. The van der Waals surface area contributed by atoms with E-state index in [1.165, 1.54) is 11.8 Å². The molecule has 0 saturated carbocycles. The maximum Gasteiger partial charge on any atom is 0.234 e. The van der Waals surface area contributed by atoms with Crippen LogP contribution in [-0.4, -0.2) is 31.9 Å². The van der Waals surface area contributed by atoms with Crippen LogP contribution in [0.25, 0.3) is 0 Å². The highest BCUT2D eigenvalue weighted by atomic mass is 32.2. The van der Waals surface area contributed by atoms with Crippen LogP contribution in [0.15, 0.2) is 36.0 Å². The molecule has 0 fully saturated rings. The third-order valence-electron chi connectivity index (χ3n) is 2.88. The number of para-hydroxylation sites is 1. The first kappa shape index (κ1) is 15.2. The summed E-state index contributed by atoms with van der Waals surface area (Å²) < 4.78 is 1.60. The van der Waals surface area contributed by atoms with Crippen molar-refractivity contribution in [2.75, 3.05) is 11.1 Å². The minimum atomic E-state index is -0.0782. The molecule has 7 heteroatoms. The number of amides is 1. The topological polar surface area (TPSA) is 72.7 Å². The van der Waals surface area contributed by atoms with Crippen molar-refractivity contribution in [3.05, 3.63) is 42.0 Å². The number of thioether (sulfide) groups is 1. The third kappa shape index (κ3) is 3.91. The average Bonchev–Trinajstić information content (AvgIpc) is 2.89. The van der Waals surface area contributed by atoms with Crippen molar-refractivity contribution in [2.45, 2.75) is 25.5 Å². The van der Waals surface area contributed by atoms with E-state index in [4.69, 9.17) is 0 Å². The van der Waals surface area contributed by atoms with Crippen LogP contribution in [-0.2, 0) is 11.3 Å². The van der Waals surface area contributed by atoms with E-state index in [-0.39, 0.29) is 11.7 Å². The predicted molar refractivity (Wildman–Crippen MR) is 83.3 cm³/mol. The predicted octanol–water partition coefficient (Wildman–Crippen LogP) is 2.21. The first-order valence-electron chi connectivity index (χ1n) is 6.47. The van der Waals surface area contributed by atoms with Crippen LogP contribution in [0.2, 0.25) is 0 Å². The molecule has 0 bridgehead atoms. The second kappa shape index (κ2) is 7.03. The Morgan fingerprint density at radius 3 is 2.81 bits per heavy atom.